The number of carbonyl (C=O) groups is 3. The minimum absolute atomic E-state index is 0.0405. The second-order valence-corrected chi connectivity index (χ2v) is 5.05. The Morgan fingerprint density at radius 3 is 2.41 bits per heavy atom. The van der Waals surface area contributed by atoms with Gasteiger partial charge in [-0.1, -0.05) is 0 Å². The van der Waals surface area contributed by atoms with Crippen LogP contribution in [0, 0.1) is 0 Å². The van der Waals surface area contributed by atoms with Gasteiger partial charge in [-0.3, -0.25) is 4.79 Å². The third-order valence-electron chi connectivity index (χ3n) is 3.64. The molecular formula is C14H25N3O5. The van der Waals surface area contributed by atoms with E-state index in [9.17, 15) is 14.4 Å². The Bertz CT molecular complexity index is 394. The van der Waals surface area contributed by atoms with Crippen LogP contribution in [0.15, 0.2) is 0 Å². The minimum atomic E-state index is -0.513. The summed E-state index contributed by atoms with van der Waals surface area (Å²) in [5.74, 6) is -0.0405. The Labute approximate surface area is 130 Å². The average molecular weight is 315 g/mol. The molecule has 1 aliphatic rings. The molecule has 0 saturated carbocycles. The van der Waals surface area contributed by atoms with Crippen molar-refractivity contribution in [3.63, 3.8) is 0 Å². The van der Waals surface area contributed by atoms with Gasteiger partial charge in [-0.25, -0.2) is 9.59 Å². The van der Waals surface area contributed by atoms with Gasteiger partial charge in [0, 0.05) is 39.1 Å². The van der Waals surface area contributed by atoms with Crippen molar-refractivity contribution in [2.45, 2.75) is 32.7 Å². The number of rotatable bonds is 5. The van der Waals surface area contributed by atoms with Crippen molar-refractivity contribution in [1.29, 1.82) is 0 Å². The lowest BCUT2D eigenvalue weighted by Gasteiger charge is -2.37. The summed E-state index contributed by atoms with van der Waals surface area (Å²) in [4.78, 5) is 37.8. The normalized spacial score (nSPS) is 15.1. The van der Waals surface area contributed by atoms with Crippen molar-refractivity contribution < 1.29 is 23.9 Å². The predicted octanol–water partition coefficient (Wildman–Crippen LogP) is 0.812. The molecule has 8 heteroatoms. The van der Waals surface area contributed by atoms with Crippen LogP contribution in [0.5, 0.6) is 0 Å². The molecule has 0 atom stereocenters. The van der Waals surface area contributed by atoms with E-state index in [2.05, 4.69) is 10.1 Å². The monoisotopic (exact) mass is 315 g/mol. The smallest absolute Gasteiger partial charge is 0.409 e. The van der Waals surface area contributed by atoms with E-state index in [0.29, 0.717) is 45.6 Å². The van der Waals surface area contributed by atoms with E-state index < -0.39 is 6.09 Å². The number of piperidine rings is 1. The quantitative estimate of drug-likeness (QED) is 0.811. The second kappa shape index (κ2) is 9.11. The molecule has 1 fully saturated rings. The van der Waals surface area contributed by atoms with Gasteiger partial charge >= 0.3 is 12.2 Å². The maximum Gasteiger partial charge on any atom is 0.409 e. The molecular weight excluding hydrogens is 290 g/mol. The maximum absolute atomic E-state index is 11.8. The van der Waals surface area contributed by atoms with Crippen LogP contribution in [0.25, 0.3) is 0 Å². The number of ether oxygens (including phenoxy) is 2. The molecule has 1 saturated heterocycles. The highest BCUT2D eigenvalue weighted by molar-refractivity contribution is 5.74. The van der Waals surface area contributed by atoms with Crippen molar-refractivity contribution in [2.75, 3.05) is 39.9 Å². The van der Waals surface area contributed by atoms with Crippen molar-refractivity contribution >= 4 is 18.1 Å². The van der Waals surface area contributed by atoms with Gasteiger partial charge in [-0.15, -0.1) is 0 Å². The van der Waals surface area contributed by atoms with Crippen LogP contribution in [-0.2, 0) is 14.3 Å². The lowest BCUT2D eigenvalue weighted by Crippen LogP contribution is -2.50. The van der Waals surface area contributed by atoms with E-state index in [-0.39, 0.29) is 18.0 Å². The number of alkyl carbamates (subject to hydrolysis) is 1. The summed E-state index contributed by atoms with van der Waals surface area (Å²) in [6.07, 6.45) is 0.594. The molecule has 0 unspecified atom stereocenters. The number of nitrogens with one attached hydrogen (secondary N) is 1. The fourth-order valence-electron chi connectivity index (χ4n) is 2.52. The molecule has 1 aliphatic heterocycles. The van der Waals surface area contributed by atoms with Gasteiger partial charge in [0.2, 0.25) is 5.91 Å². The maximum atomic E-state index is 11.8. The molecule has 22 heavy (non-hydrogen) atoms. The third kappa shape index (κ3) is 5.42. The lowest BCUT2D eigenvalue weighted by molar-refractivity contribution is -0.131. The van der Waals surface area contributed by atoms with Crippen molar-refractivity contribution in [3.05, 3.63) is 0 Å². The molecule has 3 amide bonds. The summed E-state index contributed by atoms with van der Waals surface area (Å²) in [6, 6.07) is 0.0719. The minimum Gasteiger partial charge on any atom is -0.453 e. The zero-order chi connectivity index (χ0) is 16.5. The lowest BCUT2D eigenvalue weighted by atomic mass is 10.0. The summed E-state index contributed by atoms with van der Waals surface area (Å²) >= 11 is 0. The van der Waals surface area contributed by atoms with Crippen LogP contribution in [0.4, 0.5) is 9.59 Å². The Kier molecular flexibility index (Phi) is 7.48. The van der Waals surface area contributed by atoms with Crippen molar-refractivity contribution in [1.82, 2.24) is 15.1 Å². The van der Waals surface area contributed by atoms with Gasteiger partial charge < -0.3 is 24.6 Å². The number of nitrogens with zero attached hydrogens (tertiary/aromatic N) is 2. The largest absolute Gasteiger partial charge is 0.453 e. The number of amides is 3. The topological polar surface area (TPSA) is 88.2 Å². The summed E-state index contributed by atoms with van der Waals surface area (Å²) in [5, 5.41) is 2.56. The Hall–Kier alpha value is -1.99. The van der Waals surface area contributed by atoms with Crippen LogP contribution >= 0.6 is 0 Å². The van der Waals surface area contributed by atoms with Gasteiger partial charge in [0.25, 0.3) is 0 Å². The molecule has 0 aromatic rings. The Morgan fingerprint density at radius 2 is 1.91 bits per heavy atom. The second-order valence-electron chi connectivity index (χ2n) is 5.05. The van der Waals surface area contributed by atoms with Gasteiger partial charge in [-0.05, 0) is 19.8 Å². The molecule has 0 radical (unpaired) electrons. The fourth-order valence-corrected chi connectivity index (χ4v) is 2.52. The van der Waals surface area contributed by atoms with E-state index in [0.717, 1.165) is 0 Å². The van der Waals surface area contributed by atoms with E-state index in [1.54, 1.807) is 16.7 Å². The first-order chi connectivity index (χ1) is 10.5. The van der Waals surface area contributed by atoms with Crippen LogP contribution in [-0.4, -0.2) is 73.8 Å². The number of likely N-dealkylation sites (tertiary alicyclic amines) is 1. The van der Waals surface area contributed by atoms with Crippen LogP contribution in [0.2, 0.25) is 0 Å². The van der Waals surface area contributed by atoms with Crippen LogP contribution in [0.1, 0.15) is 26.7 Å². The Balaban J connectivity index is 2.45. The molecule has 0 spiro atoms. The van der Waals surface area contributed by atoms with E-state index in [4.69, 9.17) is 4.74 Å². The van der Waals surface area contributed by atoms with Crippen molar-refractivity contribution in [2.24, 2.45) is 0 Å². The zero-order valence-corrected chi connectivity index (χ0v) is 13.5. The van der Waals surface area contributed by atoms with Gasteiger partial charge in [0.05, 0.1) is 13.7 Å². The number of hydrogen-bond acceptors (Lipinski definition) is 5. The van der Waals surface area contributed by atoms with Gasteiger partial charge in [0.1, 0.15) is 0 Å². The highest BCUT2D eigenvalue weighted by atomic mass is 16.6. The Morgan fingerprint density at radius 1 is 1.27 bits per heavy atom. The number of carbonyl (C=O) groups excluding carboxylic acids is 3. The fraction of sp³-hybridized carbons (Fsp3) is 0.786. The summed E-state index contributed by atoms with van der Waals surface area (Å²) in [5.41, 5.74) is 0. The van der Waals surface area contributed by atoms with E-state index >= 15 is 0 Å². The molecule has 1 rings (SSSR count). The van der Waals surface area contributed by atoms with E-state index in [1.807, 2.05) is 0 Å². The SMILES string of the molecule is CCOC(=O)N1CCC(N(CCNC(=O)OC)C(C)=O)CC1. The van der Waals surface area contributed by atoms with Gasteiger partial charge in [-0.2, -0.15) is 0 Å². The zero-order valence-electron chi connectivity index (χ0n) is 13.5. The standard InChI is InChI=1S/C14H25N3O5/c1-4-22-14(20)16-8-5-12(6-9-16)17(11(2)18)10-7-15-13(19)21-3/h12H,4-10H2,1-3H3,(H,15,19). The van der Waals surface area contributed by atoms with Crippen LogP contribution in [0.3, 0.4) is 0 Å². The highest BCUT2D eigenvalue weighted by Crippen LogP contribution is 2.17. The number of hydrogen-bond donors (Lipinski definition) is 1. The molecule has 0 aromatic heterocycles. The van der Waals surface area contributed by atoms with E-state index in [1.165, 1.54) is 14.0 Å². The molecule has 8 nitrogen and oxygen atoms in total. The molecule has 0 bridgehead atoms. The third-order valence-corrected chi connectivity index (χ3v) is 3.64. The first kappa shape index (κ1) is 18.1. The first-order valence-electron chi connectivity index (χ1n) is 7.50. The highest BCUT2D eigenvalue weighted by Gasteiger charge is 2.28. The first-order valence-corrected chi connectivity index (χ1v) is 7.50. The molecule has 126 valence electrons. The molecule has 0 aromatic carbocycles. The summed E-state index contributed by atoms with van der Waals surface area (Å²) in [6.45, 7) is 5.54. The van der Waals surface area contributed by atoms with Crippen LogP contribution < -0.4 is 5.32 Å². The molecule has 1 heterocycles. The van der Waals surface area contributed by atoms with Gasteiger partial charge in [0.15, 0.2) is 0 Å². The summed E-state index contributed by atoms with van der Waals surface area (Å²) in [7, 11) is 1.29. The van der Waals surface area contributed by atoms with Crippen molar-refractivity contribution in [3.8, 4) is 0 Å². The number of methoxy groups -OCH3 is 1. The molecule has 1 N–H and O–H groups in total. The molecule has 0 aliphatic carbocycles. The predicted molar refractivity (Wildman–Crippen MR) is 79.4 cm³/mol. The summed E-state index contributed by atoms with van der Waals surface area (Å²) < 4.78 is 9.46. The average Bonchev–Trinajstić information content (AvgIpc) is 2.51.